The number of hydrogen-bond acceptors (Lipinski definition) is 4. The smallest absolute Gasteiger partial charge is 0.148 e. The molecular formula is C10H15ClN6. The molecule has 0 aliphatic rings. The van der Waals surface area contributed by atoms with E-state index in [1.165, 1.54) is 0 Å². The van der Waals surface area contributed by atoms with Crippen molar-refractivity contribution in [3.8, 4) is 0 Å². The number of aryl methyl sites for hydroxylation is 1. The minimum absolute atomic E-state index is 0.0761. The fourth-order valence-electron chi connectivity index (χ4n) is 1.56. The summed E-state index contributed by atoms with van der Waals surface area (Å²) >= 11 is 6.10. The molecule has 92 valence electrons. The van der Waals surface area contributed by atoms with Gasteiger partial charge in [-0.2, -0.15) is 5.10 Å². The van der Waals surface area contributed by atoms with Gasteiger partial charge in [0.05, 0.1) is 11.6 Å². The Balaban J connectivity index is 2.11. The Labute approximate surface area is 105 Å². The number of halogens is 1. The van der Waals surface area contributed by atoms with E-state index in [1.807, 2.05) is 24.7 Å². The first-order valence-electron chi connectivity index (χ1n) is 5.65. The number of aromatic nitrogens is 6. The third-order valence-electron chi connectivity index (χ3n) is 2.53. The van der Waals surface area contributed by atoms with Gasteiger partial charge in [0.2, 0.25) is 0 Å². The summed E-state index contributed by atoms with van der Waals surface area (Å²) in [7, 11) is 0. The zero-order valence-corrected chi connectivity index (χ0v) is 10.7. The van der Waals surface area contributed by atoms with E-state index < -0.39 is 0 Å². The van der Waals surface area contributed by atoms with E-state index in [4.69, 9.17) is 11.6 Å². The molecule has 0 N–H and O–H groups in total. The van der Waals surface area contributed by atoms with Crippen LogP contribution in [-0.4, -0.2) is 29.8 Å². The van der Waals surface area contributed by atoms with Crippen molar-refractivity contribution in [2.45, 2.75) is 38.7 Å². The molecular weight excluding hydrogens is 240 g/mol. The Bertz CT molecular complexity index is 477. The Morgan fingerprint density at radius 2 is 2.24 bits per heavy atom. The largest absolute Gasteiger partial charge is 0.249 e. The highest BCUT2D eigenvalue weighted by Gasteiger charge is 2.11. The van der Waals surface area contributed by atoms with Crippen LogP contribution in [0.25, 0.3) is 0 Å². The monoisotopic (exact) mass is 254 g/mol. The number of alkyl halides is 1. The van der Waals surface area contributed by atoms with Crippen molar-refractivity contribution in [1.29, 1.82) is 0 Å². The highest BCUT2D eigenvalue weighted by atomic mass is 35.5. The Hall–Kier alpha value is -1.43. The summed E-state index contributed by atoms with van der Waals surface area (Å²) in [5, 5.41) is 12.1. The SMILES string of the molecule is CCC(Cl)c1cn(Cc2ncnn2CC)nn1. The molecule has 0 aromatic carbocycles. The van der Waals surface area contributed by atoms with Crippen molar-refractivity contribution in [1.82, 2.24) is 29.8 Å². The Kier molecular flexibility index (Phi) is 3.73. The maximum Gasteiger partial charge on any atom is 0.148 e. The van der Waals surface area contributed by atoms with Gasteiger partial charge >= 0.3 is 0 Å². The molecule has 0 radical (unpaired) electrons. The first kappa shape index (κ1) is 12.0. The van der Waals surface area contributed by atoms with Crippen molar-refractivity contribution in [3.63, 3.8) is 0 Å². The number of nitrogens with zero attached hydrogens (tertiary/aromatic N) is 6. The molecule has 2 rings (SSSR count). The highest BCUT2D eigenvalue weighted by molar-refractivity contribution is 6.20. The first-order valence-corrected chi connectivity index (χ1v) is 6.09. The molecule has 0 bridgehead atoms. The third kappa shape index (κ3) is 2.63. The van der Waals surface area contributed by atoms with Gasteiger partial charge in [-0.3, -0.25) is 0 Å². The van der Waals surface area contributed by atoms with Crippen LogP contribution in [0.3, 0.4) is 0 Å². The van der Waals surface area contributed by atoms with Crippen molar-refractivity contribution >= 4 is 11.6 Å². The zero-order valence-electron chi connectivity index (χ0n) is 9.91. The van der Waals surface area contributed by atoms with Crippen molar-refractivity contribution in [2.75, 3.05) is 0 Å². The van der Waals surface area contributed by atoms with Gasteiger partial charge in [0.1, 0.15) is 24.4 Å². The van der Waals surface area contributed by atoms with Crippen LogP contribution < -0.4 is 0 Å². The summed E-state index contributed by atoms with van der Waals surface area (Å²) in [6, 6.07) is 0. The third-order valence-corrected chi connectivity index (χ3v) is 3.07. The van der Waals surface area contributed by atoms with Crippen molar-refractivity contribution in [3.05, 3.63) is 24.0 Å². The lowest BCUT2D eigenvalue weighted by atomic mass is 10.3. The molecule has 2 aromatic rings. The van der Waals surface area contributed by atoms with E-state index >= 15 is 0 Å². The maximum absolute atomic E-state index is 6.10. The number of hydrogen-bond donors (Lipinski definition) is 0. The molecule has 7 heteroatoms. The second kappa shape index (κ2) is 5.27. The van der Waals surface area contributed by atoms with Crippen LogP contribution in [-0.2, 0) is 13.1 Å². The maximum atomic E-state index is 6.10. The molecule has 0 fully saturated rings. The van der Waals surface area contributed by atoms with E-state index in [0.717, 1.165) is 24.5 Å². The van der Waals surface area contributed by atoms with E-state index in [1.54, 1.807) is 11.0 Å². The van der Waals surface area contributed by atoms with Gasteiger partial charge < -0.3 is 0 Å². The van der Waals surface area contributed by atoms with E-state index in [0.29, 0.717) is 6.54 Å². The fraction of sp³-hybridized carbons (Fsp3) is 0.600. The molecule has 0 saturated heterocycles. The van der Waals surface area contributed by atoms with Gasteiger partial charge in [-0.05, 0) is 13.3 Å². The topological polar surface area (TPSA) is 61.4 Å². The normalized spacial score (nSPS) is 12.9. The summed E-state index contributed by atoms with van der Waals surface area (Å²) in [4.78, 5) is 4.19. The molecule has 0 aliphatic carbocycles. The van der Waals surface area contributed by atoms with Gasteiger partial charge in [-0.25, -0.2) is 14.3 Å². The summed E-state index contributed by atoms with van der Waals surface area (Å²) in [5.41, 5.74) is 0.803. The summed E-state index contributed by atoms with van der Waals surface area (Å²) < 4.78 is 3.57. The molecule has 1 unspecified atom stereocenters. The molecule has 0 aliphatic heterocycles. The standard InChI is InChI=1S/C10H15ClN6/c1-3-8(11)9-5-16(15-14-9)6-10-12-7-13-17(10)4-2/h5,7-8H,3-4,6H2,1-2H3. The van der Waals surface area contributed by atoms with Gasteiger partial charge in [0.15, 0.2) is 0 Å². The molecule has 2 heterocycles. The summed E-state index contributed by atoms with van der Waals surface area (Å²) in [6.07, 6.45) is 4.24. The van der Waals surface area contributed by atoms with Gasteiger partial charge in [-0.15, -0.1) is 16.7 Å². The molecule has 2 aromatic heterocycles. The van der Waals surface area contributed by atoms with Gasteiger partial charge in [0, 0.05) is 6.54 Å². The van der Waals surface area contributed by atoms with Crippen LogP contribution in [0.5, 0.6) is 0 Å². The Morgan fingerprint density at radius 1 is 1.41 bits per heavy atom. The predicted octanol–water partition coefficient (Wildman–Crippen LogP) is 1.63. The quantitative estimate of drug-likeness (QED) is 0.761. The second-order valence-electron chi connectivity index (χ2n) is 3.71. The van der Waals surface area contributed by atoms with Crippen LogP contribution in [0.2, 0.25) is 0 Å². The van der Waals surface area contributed by atoms with Crippen LogP contribution in [0.1, 0.15) is 37.2 Å². The summed E-state index contributed by atoms with van der Waals surface area (Å²) in [6.45, 7) is 5.40. The minimum Gasteiger partial charge on any atom is -0.249 e. The molecule has 1 atom stereocenters. The second-order valence-corrected chi connectivity index (χ2v) is 4.24. The molecule has 0 saturated carbocycles. The molecule has 0 spiro atoms. The van der Waals surface area contributed by atoms with E-state index in [2.05, 4.69) is 20.4 Å². The molecule has 17 heavy (non-hydrogen) atoms. The van der Waals surface area contributed by atoms with Gasteiger partial charge in [0.25, 0.3) is 0 Å². The molecule has 0 amide bonds. The minimum atomic E-state index is -0.0761. The van der Waals surface area contributed by atoms with Crippen LogP contribution in [0, 0.1) is 0 Å². The summed E-state index contributed by atoms with van der Waals surface area (Å²) in [5.74, 6) is 0.867. The zero-order chi connectivity index (χ0) is 12.3. The van der Waals surface area contributed by atoms with Crippen LogP contribution in [0.4, 0.5) is 0 Å². The van der Waals surface area contributed by atoms with Crippen LogP contribution >= 0.6 is 11.6 Å². The number of rotatable bonds is 5. The van der Waals surface area contributed by atoms with E-state index in [-0.39, 0.29) is 5.38 Å². The van der Waals surface area contributed by atoms with Gasteiger partial charge in [-0.1, -0.05) is 12.1 Å². The highest BCUT2D eigenvalue weighted by Crippen LogP contribution is 2.20. The average Bonchev–Trinajstić information content (AvgIpc) is 2.97. The lowest BCUT2D eigenvalue weighted by Crippen LogP contribution is -2.09. The van der Waals surface area contributed by atoms with Crippen molar-refractivity contribution < 1.29 is 0 Å². The predicted molar refractivity (Wildman–Crippen MR) is 63.7 cm³/mol. The molecule has 6 nitrogen and oxygen atoms in total. The first-order chi connectivity index (χ1) is 8.24. The lowest BCUT2D eigenvalue weighted by molar-refractivity contribution is 0.557. The Morgan fingerprint density at radius 3 is 2.94 bits per heavy atom. The van der Waals surface area contributed by atoms with Crippen molar-refractivity contribution in [2.24, 2.45) is 0 Å². The van der Waals surface area contributed by atoms with Crippen LogP contribution in [0.15, 0.2) is 12.5 Å². The lowest BCUT2D eigenvalue weighted by Gasteiger charge is -2.02. The fourth-order valence-corrected chi connectivity index (χ4v) is 1.66. The van der Waals surface area contributed by atoms with E-state index in [9.17, 15) is 0 Å². The average molecular weight is 255 g/mol.